The van der Waals surface area contributed by atoms with Crippen LogP contribution in [0.3, 0.4) is 0 Å². The molecular formula is C15H22N2O4S. The predicted molar refractivity (Wildman–Crippen MR) is 83.4 cm³/mol. The highest BCUT2D eigenvalue weighted by molar-refractivity contribution is 7.89. The highest BCUT2D eigenvalue weighted by Crippen LogP contribution is 2.25. The zero-order valence-electron chi connectivity index (χ0n) is 13.1. The number of benzene rings is 1. The average Bonchev–Trinajstić information content (AvgIpc) is 2.54. The number of ether oxygens (including phenoxy) is 1. The summed E-state index contributed by atoms with van der Waals surface area (Å²) in [5, 5.41) is 3.18. The molecule has 7 heteroatoms. The summed E-state index contributed by atoms with van der Waals surface area (Å²) in [6, 6.07) is 5.05. The zero-order valence-corrected chi connectivity index (χ0v) is 13.9. The molecule has 0 bridgehead atoms. The molecule has 0 atom stereocenters. The molecule has 0 aliphatic carbocycles. The largest absolute Gasteiger partial charge is 0.465 e. The third kappa shape index (κ3) is 3.16. The Morgan fingerprint density at radius 2 is 1.95 bits per heavy atom. The molecule has 22 heavy (non-hydrogen) atoms. The van der Waals surface area contributed by atoms with Gasteiger partial charge in [0, 0.05) is 19.1 Å². The topological polar surface area (TPSA) is 75.7 Å². The zero-order chi connectivity index (χ0) is 16.3. The summed E-state index contributed by atoms with van der Waals surface area (Å²) in [5.41, 5.74) is 0.721. The first kappa shape index (κ1) is 16.9. The van der Waals surface area contributed by atoms with Gasteiger partial charge in [0.25, 0.3) is 0 Å². The lowest BCUT2D eigenvalue weighted by molar-refractivity contribution is 0.0599. The fraction of sp³-hybridized carbons (Fsp3) is 0.533. The van der Waals surface area contributed by atoms with E-state index >= 15 is 0 Å². The van der Waals surface area contributed by atoms with Gasteiger partial charge in [0.1, 0.15) is 0 Å². The number of sulfonamides is 1. The summed E-state index contributed by atoms with van der Waals surface area (Å²) < 4.78 is 31.8. The maximum absolute atomic E-state index is 12.8. The van der Waals surface area contributed by atoms with Gasteiger partial charge >= 0.3 is 5.97 Å². The van der Waals surface area contributed by atoms with Gasteiger partial charge < -0.3 is 10.1 Å². The molecule has 1 aromatic carbocycles. The van der Waals surface area contributed by atoms with Crippen LogP contribution in [0.25, 0.3) is 0 Å². The number of hydrogen-bond donors (Lipinski definition) is 1. The fourth-order valence-corrected chi connectivity index (χ4v) is 4.47. The third-order valence-electron chi connectivity index (χ3n) is 4.17. The summed E-state index contributed by atoms with van der Waals surface area (Å²) in [7, 11) is -0.420. The maximum atomic E-state index is 12.8. The van der Waals surface area contributed by atoms with Gasteiger partial charge in [-0.3, -0.25) is 0 Å². The predicted octanol–water partition coefficient (Wildman–Crippen LogP) is 1.15. The molecule has 1 aliphatic heterocycles. The monoisotopic (exact) mass is 326 g/mol. The van der Waals surface area contributed by atoms with Crippen LogP contribution in [0.1, 0.15) is 28.8 Å². The van der Waals surface area contributed by atoms with E-state index in [1.165, 1.54) is 11.4 Å². The van der Waals surface area contributed by atoms with E-state index in [-0.39, 0.29) is 10.5 Å². The second kappa shape index (κ2) is 6.76. The van der Waals surface area contributed by atoms with E-state index in [1.54, 1.807) is 25.1 Å². The Morgan fingerprint density at radius 3 is 2.50 bits per heavy atom. The van der Waals surface area contributed by atoms with Crippen molar-refractivity contribution >= 4 is 16.0 Å². The molecule has 1 heterocycles. The highest BCUT2D eigenvalue weighted by Gasteiger charge is 2.31. The Labute approximate surface area is 131 Å². The number of esters is 1. The van der Waals surface area contributed by atoms with Crippen LogP contribution in [0.5, 0.6) is 0 Å². The van der Waals surface area contributed by atoms with Crippen molar-refractivity contribution in [3.05, 3.63) is 29.3 Å². The number of carbonyl (C=O) groups is 1. The first-order valence-electron chi connectivity index (χ1n) is 7.27. The average molecular weight is 326 g/mol. The molecule has 1 aliphatic rings. The maximum Gasteiger partial charge on any atom is 0.338 e. The van der Waals surface area contributed by atoms with E-state index < -0.39 is 16.0 Å². The van der Waals surface area contributed by atoms with Crippen molar-refractivity contribution < 1.29 is 17.9 Å². The van der Waals surface area contributed by atoms with Gasteiger partial charge in [-0.25, -0.2) is 13.2 Å². The SMILES string of the molecule is CNC1CCN(S(=O)(=O)c2cccc(C(=O)OC)c2C)CC1. The number of hydrogen-bond acceptors (Lipinski definition) is 5. The quantitative estimate of drug-likeness (QED) is 0.840. The molecule has 0 radical (unpaired) electrons. The van der Waals surface area contributed by atoms with Crippen LogP contribution in [0, 0.1) is 6.92 Å². The van der Waals surface area contributed by atoms with E-state index in [2.05, 4.69) is 5.32 Å². The van der Waals surface area contributed by atoms with Gasteiger partial charge in [-0.1, -0.05) is 6.07 Å². The normalized spacial score (nSPS) is 17.4. The number of nitrogens with one attached hydrogen (secondary N) is 1. The Balaban J connectivity index is 2.33. The molecule has 1 aromatic rings. The Bertz CT molecular complexity index is 650. The number of carbonyl (C=O) groups excluding carboxylic acids is 1. The van der Waals surface area contributed by atoms with Crippen molar-refractivity contribution in [1.29, 1.82) is 0 Å². The number of rotatable bonds is 4. The molecule has 1 saturated heterocycles. The van der Waals surface area contributed by atoms with Crippen molar-refractivity contribution in [3.8, 4) is 0 Å². The molecule has 0 amide bonds. The summed E-state index contributed by atoms with van der Waals surface area (Å²) in [5.74, 6) is -0.525. The van der Waals surface area contributed by atoms with Crippen LogP contribution in [0.2, 0.25) is 0 Å². The van der Waals surface area contributed by atoms with Crippen molar-refractivity contribution in [2.45, 2.75) is 30.7 Å². The number of piperidine rings is 1. The van der Waals surface area contributed by atoms with E-state index in [4.69, 9.17) is 4.74 Å². The van der Waals surface area contributed by atoms with Gasteiger partial charge in [-0.15, -0.1) is 0 Å². The summed E-state index contributed by atoms with van der Waals surface area (Å²) in [4.78, 5) is 11.9. The minimum Gasteiger partial charge on any atom is -0.465 e. The Kier molecular flexibility index (Phi) is 5.20. The standard InChI is InChI=1S/C15H22N2O4S/c1-11-13(15(18)21-3)5-4-6-14(11)22(19,20)17-9-7-12(16-2)8-10-17/h4-6,12,16H,7-10H2,1-3H3. The van der Waals surface area contributed by atoms with E-state index in [1.807, 2.05) is 7.05 Å². The van der Waals surface area contributed by atoms with Crippen LogP contribution in [0.4, 0.5) is 0 Å². The van der Waals surface area contributed by atoms with Crippen LogP contribution in [0.15, 0.2) is 23.1 Å². The van der Waals surface area contributed by atoms with Gasteiger partial charge in [-0.05, 0) is 44.5 Å². The second-order valence-corrected chi connectivity index (χ2v) is 7.29. The first-order valence-corrected chi connectivity index (χ1v) is 8.71. The number of nitrogens with zero attached hydrogens (tertiary/aromatic N) is 1. The van der Waals surface area contributed by atoms with Gasteiger partial charge in [0.2, 0.25) is 10.0 Å². The van der Waals surface area contributed by atoms with Crippen LogP contribution in [-0.4, -0.2) is 52.0 Å². The molecule has 1 fully saturated rings. The van der Waals surface area contributed by atoms with Crippen molar-refractivity contribution in [1.82, 2.24) is 9.62 Å². The molecule has 0 aromatic heterocycles. The summed E-state index contributed by atoms with van der Waals surface area (Å²) >= 11 is 0. The molecule has 0 spiro atoms. The minimum atomic E-state index is -3.59. The molecule has 122 valence electrons. The molecule has 2 rings (SSSR count). The Hall–Kier alpha value is -1.44. The van der Waals surface area contributed by atoms with Crippen LogP contribution < -0.4 is 5.32 Å². The second-order valence-electron chi connectivity index (χ2n) is 5.39. The lowest BCUT2D eigenvalue weighted by Crippen LogP contribution is -2.44. The van der Waals surface area contributed by atoms with Gasteiger partial charge in [0.15, 0.2) is 0 Å². The minimum absolute atomic E-state index is 0.179. The van der Waals surface area contributed by atoms with Crippen LogP contribution in [-0.2, 0) is 14.8 Å². The van der Waals surface area contributed by atoms with Crippen molar-refractivity contribution in [2.24, 2.45) is 0 Å². The number of methoxy groups -OCH3 is 1. The lowest BCUT2D eigenvalue weighted by Gasteiger charge is -2.31. The molecule has 0 unspecified atom stereocenters. The van der Waals surface area contributed by atoms with Gasteiger partial charge in [-0.2, -0.15) is 4.31 Å². The van der Waals surface area contributed by atoms with E-state index in [9.17, 15) is 13.2 Å². The highest BCUT2D eigenvalue weighted by atomic mass is 32.2. The molecule has 1 N–H and O–H groups in total. The van der Waals surface area contributed by atoms with Crippen LogP contribution >= 0.6 is 0 Å². The van der Waals surface area contributed by atoms with E-state index in [0.29, 0.717) is 24.7 Å². The molecular weight excluding hydrogens is 304 g/mol. The summed E-state index contributed by atoms with van der Waals surface area (Å²) in [6.45, 7) is 2.60. The fourth-order valence-electron chi connectivity index (χ4n) is 2.75. The summed E-state index contributed by atoms with van der Waals surface area (Å²) in [6.07, 6.45) is 1.57. The Morgan fingerprint density at radius 1 is 1.32 bits per heavy atom. The van der Waals surface area contributed by atoms with E-state index in [0.717, 1.165) is 12.8 Å². The lowest BCUT2D eigenvalue weighted by atomic mass is 10.1. The van der Waals surface area contributed by atoms with Crippen molar-refractivity contribution in [3.63, 3.8) is 0 Å². The van der Waals surface area contributed by atoms with Crippen molar-refractivity contribution in [2.75, 3.05) is 27.2 Å². The third-order valence-corrected chi connectivity index (χ3v) is 6.21. The molecule has 0 saturated carbocycles. The molecule has 6 nitrogen and oxygen atoms in total. The first-order chi connectivity index (χ1) is 10.4. The smallest absolute Gasteiger partial charge is 0.338 e. The van der Waals surface area contributed by atoms with Gasteiger partial charge in [0.05, 0.1) is 17.6 Å².